The molecule has 4 heterocycles. The zero-order chi connectivity index (χ0) is 44.9. The van der Waals surface area contributed by atoms with Gasteiger partial charge in [-0.3, -0.25) is 9.44 Å². The van der Waals surface area contributed by atoms with E-state index in [4.69, 9.17) is 32.7 Å². The average molecular weight is 940 g/mol. The molecule has 16 heteroatoms. The van der Waals surface area contributed by atoms with Crippen molar-refractivity contribution in [2.75, 3.05) is 9.44 Å². The van der Waals surface area contributed by atoms with Crippen LogP contribution in [-0.4, -0.2) is 72.2 Å². The molecule has 0 spiro atoms. The molecule has 6 aromatic carbocycles. The van der Waals surface area contributed by atoms with Crippen LogP contribution in [0.4, 0.5) is 11.4 Å². The quantitative estimate of drug-likeness (QED) is 0.0772. The number of anilines is 2. The van der Waals surface area contributed by atoms with Gasteiger partial charge in [-0.05, 0) is 154 Å². The molecule has 12 nitrogen and oxygen atoms in total. The Hall–Kier alpha value is -6.00. The first-order valence-electron chi connectivity index (χ1n) is 20.1. The molecular formula is C48H40Cl2N2O10S2. The average Bonchev–Trinajstić information content (AvgIpc) is 4.08. The van der Waals surface area contributed by atoms with Gasteiger partial charge in [-0.1, -0.05) is 71.7 Å². The van der Waals surface area contributed by atoms with E-state index in [9.17, 15) is 37.3 Å². The van der Waals surface area contributed by atoms with E-state index in [0.717, 1.165) is 44.5 Å². The van der Waals surface area contributed by atoms with Gasteiger partial charge < -0.3 is 29.9 Å². The fraction of sp³-hybridized carbons (Fsp3) is 0.167. The molecule has 4 aliphatic rings. The number of ether oxygens (including phenoxy) is 2. The van der Waals surface area contributed by atoms with Crippen molar-refractivity contribution in [1.29, 1.82) is 0 Å². The Kier molecular flexibility index (Phi) is 11.6. The van der Waals surface area contributed by atoms with Gasteiger partial charge in [0.15, 0.2) is 0 Å². The lowest BCUT2D eigenvalue weighted by Gasteiger charge is -2.25. The fourth-order valence-electron chi connectivity index (χ4n) is 8.82. The lowest BCUT2D eigenvalue weighted by Crippen LogP contribution is -2.36. The number of halogens is 2. The minimum absolute atomic E-state index is 0.123. The molecule has 0 saturated carbocycles. The van der Waals surface area contributed by atoms with Gasteiger partial charge in [0, 0.05) is 21.4 Å². The topological polar surface area (TPSA) is 192 Å². The number of aromatic hydroxyl groups is 4. The highest BCUT2D eigenvalue weighted by atomic mass is 35.5. The summed E-state index contributed by atoms with van der Waals surface area (Å²) in [5.74, 6) is 0.547. The summed E-state index contributed by atoms with van der Waals surface area (Å²) in [6.45, 7) is 0. The number of benzene rings is 6. The van der Waals surface area contributed by atoms with Crippen molar-refractivity contribution in [2.45, 2.75) is 47.8 Å². The molecule has 64 heavy (non-hydrogen) atoms. The van der Waals surface area contributed by atoms with Gasteiger partial charge >= 0.3 is 0 Å². The minimum atomic E-state index is -3.76. The Bertz CT molecular complexity index is 2780. The first-order valence-corrected chi connectivity index (χ1v) is 24.0. The number of phenols is 4. The van der Waals surface area contributed by atoms with Gasteiger partial charge in [0.25, 0.3) is 0 Å². The number of fused-ring (bicyclic) bond motifs is 4. The summed E-state index contributed by atoms with van der Waals surface area (Å²) in [5, 5.41) is 38.3. The third kappa shape index (κ3) is 8.64. The number of sulfonamides is 2. The van der Waals surface area contributed by atoms with Crippen molar-refractivity contribution in [3.05, 3.63) is 178 Å². The predicted octanol–water partition coefficient (Wildman–Crippen LogP) is 9.29. The third-order valence-electron chi connectivity index (χ3n) is 11.7. The first kappa shape index (κ1) is 43.3. The van der Waals surface area contributed by atoms with Gasteiger partial charge in [-0.15, -0.1) is 0 Å². The van der Waals surface area contributed by atoms with E-state index in [2.05, 4.69) is 9.44 Å². The van der Waals surface area contributed by atoms with E-state index < -0.39 is 55.0 Å². The highest BCUT2D eigenvalue weighted by Gasteiger charge is 2.54. The molecule has 328 valence electrons. The SMILES string of the molecule is O=S(=O)(Nc1ccc(Cl)cc1)[C@@H]1C[C@@H]2O[C@H]1C(c1ccc(O)cc1)=C2c1ccc(O)cc1.O=S(=O)(Nc1ccc(Cl)cc1)[C@H]1C[C@H]2O[C@@H]1C(c1ccc(O)cc1)=C2c1ccc(O)cc1. The number of hydrogen-bond donors (Lipinski definition) is 6. The van der Waals surface area contributed by atoms with E-state index >= 15 is 0 Å². The molecule has 2 fully saturated rings. The maximum atomic E-state index is 13.3. The van der Waals surface area contributed by atoms with E-state index in [1.165, 1.54) is 0 Å². The summed E-state index contributed by atoms with van der Waals surface area (Å²) in [4.78, 5) is 0. The summed E-state index contributed by atoms with van der Waals surface area (Å²) >= 11 is 11.8. The van der Waals surface area contributed by atoms with Crippen molar-refractivity contribution in [1.82, 2.24) is 0 Å². The Labute approximate surface area is 379 Å². The molecule has 0 amide bonds. The molecule has 4 aliphatic heterocycles. The van der Waals surface area contributed by atoms with Crippen LogP contribution in [0.1, 0.15) is 35.1 Å². The maximum absolute atomic E-state index is 13.3. The molecule has 0 radical (unpaired) electrons. The monoisotopic (exact) mass is 938 g/mol. The fourth-order valence-corrected chi connectivity index (χ4v) is 12.2. The third-order valence-corrected chi connectivity index (χ3v) is 15.7. The van der Waals surface area contributed by atoms with E-state index in [0.29, 0.717) is 34.3 Å². The Morgan fingerprint density at radius 1 is 0.406 bits per heavy atom. The Morgan fingerprint density at radius 2 is 0.672 bits per heavy atom. The molecule has 2 saturated heterocycles. The molecule has 0 aromatic heterocycles. The molecule has 6 atom stereocenters. The van der Waals surface area contributed by atoms with Gasteiger partial charge in [-0.2, -0.15) is 0 Å². The maximum Gasteiger partial charge on any atom is 0.238 e. The van der Waals surface area contributed by atoms with Crippen LogP contribution < -0.4 is 9.44 Å². The van der Waals surface area contributed by atoms with Crippen LogP contribution in [-0.2, 0) is 29.5 Å². The van der Waals surface area contributed by atoms with Crippen LogP contribution in [0.15, 0.2) is 146 Å². The van der Waals surface area contributed by atoms with Gasteiger partial charge in [0.05, 0.1) is 12.2 Å². The van der Waals surface area contributed by atoms with Crippen LogP contribution in [0.25, 0.3) is 22.3 Å². The van der Waals surface area contributed by atoms with E-state index in [1.807, 2.05) is 0 Å². The zero-order valence-electron chi connectivity index (χ0n) is 33.5. The van der Waals surface area contributed by atoms with Crippen LogP contribution >= 0.6 is 23.2 Å². The van der Waals surface area contributed by atoms with Crippen molar-refractivity contribution in [3.8, 4) is 23.0 Å². The lowest BCUT2D eigenvalue weighted by molar-refractivity contribution is 0.128. The van der Waals surface area contributed by atoms with Crippen LogP contribution in [0.5, 0.6) is 23.0 Å². The summed E-state index contributed by atoms with van der Waals surface area (Å²) in [6, 6.07) is 39.8. The molecule has 6 aromatic rings. The summed E-state index contributed by atoms with van der Waals surface area (Å²) in [7, 11) is -7.52. The normalized spacial score (nSPS) is 22.3. The number of phenolic OH excluding ortho intramolecular Hbond substituents is 4. The van der Waals surface area contributed by atoms with Crippen molar-refractivity contribution < 1.29 is 46.7 Å². The highest BCUT2D eigenvalue weighted by molar-refractivity contribution is 7.93. The predicted molar refractivity (Wildman–Crippen MR) is 248 cm³/mol. The second kappa shape index (κ2) is 17.2. The lowest BCUT2D eigenvalue weighted by atomic mass is 9.83. The standard InChI is InChI=1S/2C24H20ClNO5S/c2*25-16-5-7-17(8-6-16)26-32(29,30)21-13-20-22(14-1-9-18(27)10-2-14)23(24(21)31-20)15-3-11-19(28)12-4-15/h2*1-12,20-21,24,26-28H,13H2/t2*20-,21+,24+/m10/s1. The summed E-state index contributed by atoms with van der Waals surface area (Å²) in [6.07, 6.45) is -1.52. The molecule has 10 rings (SSSR count). The zero-order valence-corrected chi connectivity index (χ0v) is 36.7. The van der Waals surface area contributed by atoms with Gasteiger partial charge in [0.2, 0.25) is 20.0 Å². The highest BCUT2D eigenvalue weighted by Crippen LogP contribution is 2.52. The van der Waals surface area contributed by atoms with E-state index in [1.54, 1.807) is 146 Å². The molecule has 0 unspecified atom stereocenters. The summed E-state index contributed by atoms with van der Waals surface area (Å²) in [5.41, 5.74) is 7.51. The smallest absolute Gasteiger partial charge is 0.238 e. The van der Waals surface area contributed by atoms with Crippen LogP contribution in [0.3, 0.4) is 0 Å². The number of hydrogen-bond acceptors (Lipinski definition) is 10. The van der Waals surface area contributed by atoms with Crippen molar-refractivity contribution >= 4 is 76.9 Å². The second-order valence-electron chi connectivity index (χ2n) is 15.8. The molecular weight excluding hydrogens is 900 g/mol. The van der Waals surface area contributed by atoms with E-state index in [-0.39, 0.29) is 23.0 Å². The van der Waals surface area contributed by atoms with Crippen molar-refractivity contribution in [3.63, 3.8) is 0 Å². The molecule has 6 N–H and O–H groups in total. The molecule has 0 aliphatic carbocycles. The van der Waals surface area contributed by atoms with Gasteiger partial charge in [0.1, 0.15) is 45.7 Å². The second-order valence-corrected chi connectivity index (χ2v) is 20.5. The van der Waals surface area contributed by atoms with Crippen LogP contribution in [0, 0.1) is 0 Å². The Balaban J connectivity index is 0.000000162. The summed E-state index contributed by atoms with van der Waals surface area (Å²) < 4.78 is 70.8. The molecule has 4 bridgehead atoms. The number of rotatable bonds is 10. The first-order chi connectivity index (χ1) is 30.6. The van der Waals surface area contributed by atoms with Crippen molar-refractivity contribution in [2.24, 2.45) is 0 Å². The number of nitrogens with one attached hydrogen (secondary N) is 2. The Morgan fingerprint density at radius 3 is 0.953 bits per heavy atom. The minimum Gasteiger partial charge on any atom is -0.508 e. The van der Waals surface area contributed by atoms with Gasteiger partial charge in [-0.25, -0.2) is 16.8 Å². The largest absolute Gasteiger partial charge is 0.508 e. The van der Waals surface area contributed by atoms with Crippen LogP contribution in [0.2, 0.25) is 10.0 Å².